The fourth-order valence-corrected chi connectivity index (χ4v) is 5.73. The van der Waals surface area contributed by atoms with E-state index >= 15 is 0 Å². The lowest BCUT2D eigenvalue weighted by Crippen LogP contribution is -2.52. The molecule has 0 spiro atoms. The van der Waals surface area contributed by atoms with Gasteiger partial charge in [-0.2, -0.15) is 0 Å². The summed E-state index contributed by atoms with van der Waals surface area (Å²) in [6.07, 6.45) is 0.588. The van der Waals surface area contributed by atoms with E-state index in [9.17, 15) is 18.0 Å². The van der Waals surface area contributed by atoms with E-state index in [0.29, 0.717) is 12.1 Å². The maximum atomic E-state index is 14.0. The SMILES string of the molecule is CCc1ccccc1N(CC(=O)N(Cc1ccc(C)cc1)[C@H](C)C(=O)NC(C)C)S(=O)(=O)c1ccc(C)cc1. The Hall–Kier alpha value is -3.65. The van der Waals surface area contributed by atoms with Crippen LogP contribution in [0.1, 0.15) is 49.9 Å². The standard InChI is InChI=1S/C31H39N3O4S/c1-7-27-10-8-9-11-29(27)34(39(37,38)28-18-14-24(5)15-19-28)21-30(35)33(25(6)31(36)32-22(2)3)20-26-16-12-23(4)13-17-26/h8-19,22,25H,7,20-21H2,1-6H3,(H,32,36)/t25-/m1/s1. The number of amides is 2. The number of nitrogens with zero attached hydrogens (tertiary/aromatic N) is 2. The van der Waals surface area contributed by atoms with Crippen molar-refractivity contribution in [3.05, 3.63) is 95.1 Å². The number of benzene rings is 3. The fourth-order valence-electron chi connectivity index (χ4n) is 4.28. The van der Waals surface area contributed by atoms with Gasteiger partial charge in [0.25, 0.3) is 10.0 Å². The highest BCUT2D eigenvalue weighted by Gasteiger charge is 2.33. The molecule has 0 aliphatic carbocycles. The van der Waals surface area contributed by atoms with Crippen molar-refractivity contribution in [2.24, 2.45) is 0 Å². The molecule has 0 aromatic heterocycles. The van der Waals surface area contributed by atoms with E-state index in [1.807, 2.05) is 71.0 Å². The summed E-state index contributed by atoms with van der Waals surface area (Å²) in [7, 11) is -4.09. The minimum atomic E-state index is -4.09. The molecule has 3 aromatic carbocycles. The van der Waals surface area contributed by atoms with E-state index < -0.39 is 28.5 Å². The van der Waals surface area contributed by atoms with Crippen LogP contribution in [0.25, 0.3) is 0 Å². The lowest BCUT2D eigenvalue weighted by Gasteiger charge is -2.33. The number of hydrogen-bond acceptors (Lipinski definition) is 4. The predicted octanol–water partition coefficient (Wildman–Crippen LogP) is 5.00. The summed E-state index contributed by atoms with van der Waals surface area (Å²) in [5, 5.41) is 2.87. The van der Waals surface area contributed by atoms with E-state index in [1.165, 1.54) is 9.21 Å². The zero-order chi connectivity index (χ0) is 28.7. The third-order valence-corrected chi connectivity index (χ3v) is 8.37. The molecule has 208 valence electrons. The van der Waals surface area contributed by atoms with Gasteiger partial charge >= 0.3 is 0 Å². The van der Waals surface area contributed by atoms with Crippen LogP contribution in [0.5, 0.6) is 0 Å². The molecule has 0 fully saturated rings. The average Bonchev–Trinajstić information content (AvgIpc) is 2.90. The van der Waals surface area contributed by atoms with Crippen LogP contribution >= 0.6 is 0 Å². The first-order valence-corrected chi connectivity index (χ1v) is 14.7. The Labute approximate surface area is 232 Å². The van der Waals surface area contributed by atoms with Crippen molar-refractivity contribution in [2.45, 2.75) is 71.5 Å². The molecule has 7 nitrogen and oxygen atoms in total. The summed E-state index contributed by atoms with van der Waals surface area (Å²) in [6, 6.07) is 20.6. The van der Waals surface area contributed by atoms with Gasteiger partial charge in [0.1, 0.15) is 12.6 Å². The van der Waals surface area contributed by atoms with E-state index in [0.717, 1.165) is 22.3 Å². The molecule has 0 heterocycles. The zero-order valence-electron chi connectivity index (χ0n) is 23.6. The Bertz CT molecular complexity index is 1380. The summed E-state index contributed by atoms with van der Waals surface area (Å²) in [5.41, 5.74) is 4.11. The minimum absolute atomic E-state index is 0.0995. The van der Waals surface area contributed by atoms with Crippen LogP contribution in [-0.2, 0) is 32.6 Å². The lowest BCUT2D eigenvalue weighted by atomic mass is 10.1. The maximum Gasteiger partial charge on any atom is 0.264 e. The largest absolute Gasteiger partial charge is 0.352 e. The summed E-state index contributed by atoms with van der Waals surface area (Å²) >= 11 is 0. The van der Waals surface area contributed by atoms with Crippen LogP contribution in [0.2, 0.25) is 0 Å². The maximum absolute atomic E-state index is 14.0. The van der Waals surface area contributed by atoms with E-state index in [4.69, 9.17) is 0 Å². The molecule has 3 rings (SSSR count). The molecule has 0 aliphatic heterocycles. The smallest absolute Gasteiger partial charge is 0.264 e. The molecule has 2 amide bonds. The molecule has 1 N–H and O–H groups in total. The number of anilines is 1. The monoisotopic (exact) mass is 549 g/mol. The van der Waals surface area contributed by atoms with Gasteiger partial charge in [-0.25, -0.2) is 8.42 Å². The summed E-state index contributed by atoms with van der Waals surface area (Å²) in [4.78, 5) is 28.6. The first-order chi connectivity index (χ1) is 18.4. The van der Waals surface area contributed by atoms with Gasteiger partial charge in [0, 0.05) is 12.6 Å². The molecule has 0 aliphatic rings. The van der Waals surface area contributed by atoms with Gasteiger partial charge < -0.3 is 10.2 Å². The number of nitrogens with one attached hydrogen (secondary N) is 1. The second-order valence-electron chi connectivity index (χ2n) is 10.2. The Morgan fingerprint density at radius 2 is 1.41 bits per heavy atom. The van der Waals surface area contributed by atoms with Crippen LogP contribution in [0.3, 0.4) is 0 Å². The van der Waals surface area contributed by atoms with Crippen molar-refractivity contribution >= 4 is 27.5 Å². The quantitative estimate of drug-likeness (QED) is 0.365. The molecule has 0 bridgehead atoms. The Kier molecular flexibility index (Phi) is 9.92. The number of hydrogen-bond donors (Lipinski definition) is 1. The van der Waals surface area contributed by atoms with Gasteiger partial charge in [0.15, 0.2) is 0 Å². The van der Waals surface area contributed by atoms with Crippen LogP contribution in [0.15, 0.2) is 77.7 Å². The van der Waals surface area contributed by atoms with Gasteiger partial charge in [0.05, 0.1) is 10.6 Å². The van der Waals surface area contributed by atoms with Crippen molar-refractivity contribution in [3.8, 4) is 0 Å². The van der Waals surface area contributed by atoms with E-state index in [1.54, 1.807) is 43.3 Å². The van der Waals surface area contributed by atoms with E-state index in [2.05, 4.69) is 5.32 Å². The van der Waals surface area contributed by atoms with E-state index in [-0.39, 0.29) is 23.4 Å². The molecule has 8 heteroatoms. The molecule has 3 aromatic rings. The van der Waals surface area contributed by atoms with Crippen molar-refractivity contribution < 1.29 is 18.0 Å². The molecular weight excluding hydrogens is 510 g/mol. The number of aryl methyl sites for hydroxylation is 3. The summed E-state index contributed by atoms with van der Waals surface area (Å²) < 4.78 is 29.2. The molecule has 0 saturated heterocycles. The first kappa shape index (κ1) is 29.9. The van der Waals surface area contributed by atoms with Gasteiger partial charge in [-0.3, -0.25) is 13.9 Å². The zero-order valence-corrected chi connectivity index (χ0v) is 24.5. The number of sulfonamides is 1. The highest BCUT2D eigenvalue weighted by Crippen LogP contribution is 2.28. The first-order valence-electron chi connectivity index (χ1n) is 13.3. The lowest BCUT2D eigenvalue weighted by molar-refractivity contribution is -0.139. The van der Waals surface area contributed by atoms with Gasteiger partial charge in [-0.15, -0.1) is 0 Å². The topological polar surface area (TPSA) is 86.8 Å². The fraction of sp³-hybridized carbons (Fsp3) is 0.355. The average molecular weight is 550 g/mol. The Balaban J connectivity index is 2.06. The van der Waals surface area contributed by atoms with Crippen molar-refractivity contribution in [1.82, 2.24) is 10.2 Å². The Morgan fingerprint density at radius 1 is 0.846 bits per heavy atom. The molecule has 0 radical (unpaired) electrons. The minimum Gasteiger partial charge on any atom is -0.352 e. The number of para-hydroxylation sites is 1. The summed E-state index contributed by atoms with van der Waals surface area (Å²) in [6.45, 7) is 10.9. The third-order valence-electron chi connectivity index (χ3n) is 6.60. The van der Waals surface area contributed by atoms with Crippen LogP contribution < -0.4 is 9.62 Å². The highest BCUT2D eigenvalue weighted by molar-refractivity contribution is 7.92. The molecule has 0 unspecified atom stereocenters. The number of carbonyl (C=O) groups excluding carboxylic acids is 2. The van der Waals surface area contributed by atoms with Gasteiger partial charge in [0.2, 0.25) is 11.8 Å². The third kappa shape index (κ3) is 7.47. The second-order valence-corrected chi connectivity index (χ2v) is 12.0. The molecule has 1 atom stereocenters. The van der Waals surface area contributed by atoms with Crippen molar-refractivity contribution in [1.29, 1.82) is 0 Å². The predicted molar refractivity (Wildman–Crippen MR) is 156 cm³/mol. The summed E-state index contributed by atoms with van der Waals surface area (Å²) in [5.74, 6) is -0.768. The van der Waals surface area contributed by atoms with Crippen molar-refractivity contribution in [2.75, 3.05) is 10.8 Å². The van der Waals surface area contributed by atoms with Crippen molar-refractivity contribution in [3.63, 3.8) is 0 Å². The van der Waals surface area contributed by atoms with Gasteiger partial charge in [-0.05, 0) is 70.4 Å². The highest BCUT2D eigenvalue weighted by atomic mass is 32.2. The molecule has 0 saturated carbocycles. The van der Waals surface area contributed by atoms with Crippen LogP contribution in [0.4, 0.5) is 5.69 Å². The number of carbonyl (C=O) groups is 2. The van der Waals surface area contributed by atoms with Crippen LogP contribution in [-0.4, -0.2) is 43.8 Å². The Morgan fingerprint density at radius 3 is 1.97 bits per heavy atom. The van der Waals surface area contributed by atoms with Crippen LogP contribution in [0, 0.1) is 13.8 Å². The number of rotatable bonds is 11. The normalized spacial score (nSPS) is 12.2. The second kappa shape index (κ2) is 12.9. The molecular formula is C31H39N3O4S. The molecule has 39 heavy (non-hydrogen) atoms. The van der Waals surface area contributed by atoms with Gasteiger partial charge in [-0.1, -0.05) is 72.6 Å².